The minimum Gasteiger partial charge on any atom is -0.439 e. The highest BCUT2D eigenvalue weighted by molar-refractivity contribution is 7.17. The minimum atomic E-state index is -0.0191. The van der Waals surface area contributed by atoms with Crippen molar-refractivity contribution in [3.8, 4) is 16.9 Å². The van der Waals surface area contributed by atoms with Crippen LogP contribution in [0.1, 0.15) is 17.7 Å². The molecule has 2 fully saturated rings. The second-order valence-electron chi connectivity index (χ2n) is 10.1. The van der Waals surface area contributed by atoms with Gasteiger partial charge in [0.2, 0.25) is 11.4 Å². The number of ether oxygens (including phenoxy) is 1. The Hall–Kier alpha value is -4.06. The maximum absolute atomic E-state index is 12.8. The van der Waals surface area contributed by atoms with Crippen molar-refractivity contribution in [3.63, 3.8) is 0 Å². The predicted octanol–water partition coefficient (Wildman–Crippen LogP) is 4.59. The van der Waals surface area contributed by atoms with Gasteiger partial charge in [-0.05, 0) is 44.1 Å². The van der Waals surface area contributed by atoms with Crippen LogP contribution in [0, 0.1) is 6.92 Å². The lowest BCUT2D eigenvalue weighted by molar-refractivity contribution is 0.121. The fraction of sp³-hybridized carbons (Fsp3) is 0.310. The van der Waals surface area contributed by atoms with Gasteiger partial charge in [0.1, 0.15) is 4.70 Å². The van der Waals surface area contributed by atoms with Crippen molar-refractivity contribution in [2.45, 2.75) is 19.9 Å². The molecule has 1 aromatic carbocycles. The maximum atomic E-state index is 12.8. The molecule has 0 spiro atoms. The number of aryl methyl sites for hydroxylation is 1. The number of anilines is 3. The topological polar surface area (TPSA) is 102 Å². The lowest BCUT2D eigenvalue weighted by Crippen LogP contribution is -2.36. The van der Waals surface area contributed by atoms with Crippen LogP contribution in [-0.2, 0) is 11.3 Å². The van der Waals surface area contributed by atoms with Crippen LogP contribution in [0.3, 0.4) is 0 Å². The number of aromatic nitrogens is 4. The van der Waals surface area contributed by atoms with Gasteiger partial charge in [-0.2, -0.15) is 10.1 Å². The summed E-state index contributed by atoms with van der Waals surface area (Å²) in [7, 11) is 0. The highest BCUT2D eigenvalue weighted by Crippen LogP contribution is 2.35. The van der Waals surface area contributed by atoms with Crippen LogP contribution in [0.15, 0.2) is 63.4 Å². The molecule has 0 aliphatic carbocycles. The van der Waals surface area contributed by atoms with Crippen LogP contribution < -0.4 is 15.6 Å². The molecule has 0 bridgehead atoms. The van der Waals surface area contributed by atoms with E-state index in [1.54, 1.807) is 12.3 Å². The fourth-order valence-corrected chi connectivity index (χ4v) is 5.93. The van der Waals surface area contributed by atoms with Crippen molar-refractivity contribution >= 4 is 39.1 Å². The molecule has 0 amide bonds. The molecule has 5 aromatic rings. The normalized spacial score (nSPS) is 15.9. The number of hydrogen-bond donors (Lipinski definition) is 1. The third kappa shape index (κ3) is 4.87. The van der Waals surface area contributed by atoms with Crippen molar-refractivity contribution in [1.29, 1.82) is 0 Å². The fourth-order valence-electron chi connectivity index (χ4n) is 5.02. The number of hydrogen-bond acceptors (Lipinski definition) is 10. The molecule has 1 N–H and O–H groups in total. The largest absolute Gasteiger partial charge is 0.439 e. The number of likely N-dealkylation sites (tertiary alicyclic amines) is 1. The van der Waals surface area contributed by atoms with E-state index in [0.29, 0.717) is 54.2 Å². The van der Waals surface area contributed by atoms with Crippen LogP contribution in [0.5, 0.6) is 0 Å². The Morgan fingerprint density at radius 2 is 1.90 bits per heavy atom. The van der Waals surface area contributed by atoms with E-state index in [1.807, 2.05) is 47.3 Å². The summed E-state index contributed by atoms with van der Waals surface area (Å²) in [5, 5.41) is 9.96. The first-order chi connectivity index (χ1) is 19.6. The van der Waals surface area contributed by atoms with Crippen LogP contribution in [0.2, 0.25) is 0 Å². The van der Waals surface area contributed by atoms with Gasteiger partial charge in [-0.3, -0.25) is 9.69 Å². The molecule has 10 nitrogen and oxygen atoms in total. The van der Waals surface area contributed by atoms with E-state index in [0.717, 1.165) is 42.1 Å². The van der Waals surface area contributed by atoms with Crippen molar-refractivity contribution in [3.05, 3.63) is 75.7 Å². The molecule has 2 aliphatic heterocycles. The molecule has 0 unspecified atom stereocenters. The summed E-state index contributed by atoms with van der Waals surface area (Å²) in [6, 6.07) is 11.4. The molecular formula is C29H29N7O3S. The zero-order chi connectivity index (χ0) is 27.1. The average Bonchev–Trinajstić information content (AvgIpc) is 3.56. The van der Waals surface area contributed by atoms with Gasteiger partial charge in [0.25, 0.3) is 0 Å². The Morgan fingerprint density at radius 3 is 2.67 bits per heavy atom. The van der Waals surface area contributed by atoms with Crippen LogP contribution in [-0.4, -0.2) is 64.0 Å². The number of nitrogens with zero attached hydrogens (tertiary/aromatic N) is 6. The molecule has 4 aromatic heterocycles. The highest BCUT2D eigenvalue weighted by atomic mass is 32.1. The van der Waals surface area contributed by atoms with Crippen LogP contribution in [0.4, 0.5) is 17.5 Å². The summed E-state index contributed by atoms with van der Waals surface area (Å²) in [4.78, 5) is 26.4. The molecule has 40 heavy (non-hydrogen) atoms. The van der Waals surface area contributed by atoms with Crippen LogP contribution >= 0.6 is 11.3 Å². The first-order valence-electron chi connectivity index (χ1n) is 13.5. The first-order valence-corrected chi connectivity index (χ1v) is 14.4. The van der Waals surface area contributed by atoms with Gasteiger partial charge in [-0.15, -0.1) is 11.3 Å². The molecule has 7 rings (SSSR count). The predicted molar refractivity (Wildman–Crippen MR) is 156 cm³/mol. The van der Waals surface area contributed by atoms with Gasteiger partial charge in [0.15, 0.2) is 17.3 Å². The molecule has 11 heteroatoms. The first kappa shape index (κ1) is 24.9. The molecule has 204 valence electrons. The summed E-state index contributed by atoms with van der Waals surface area (Å²) >= 11 is 1.41. The van der Waals surface area contributed by atoms with Gasteiger partial charge in [0.05, 0.1) is 18.9 Å². The second-order valence-corrected chi connectivity index (χ2v) is 11.0. The number of thiophene rings is 1. The van der Waals surface area contributed by atoms with Gasteiger partial charge in [-0.1, -0.05) is 12.1 Å². The third-order valence-corrected chi connectivity index (χ3v) is 8.40. The van der Waals surface area contributed by atoms with E-state index in [9.17, 15) is 4.79 Å². The summed E-state index contributed by atoms with van der Waals surface area (Å²) in [6.07, 6.45) is 5.06. The third-order valence-electron chi connectivity index (χ3n) is 7.42. The van der Waals surface area contributed by atoms with Gasteiger partial charge < -0.3 is 19.4 Å². The van der Waals surface area contributed by atoms with E-state index in [1.165, 1.54) is 23.3 Å². The van der Waals surface area contributed by atoms with E-state index < -0.39 is 0 Å². The monoisotopic (exact) mass is 555 g/mol. The summed E-state index contributed by atoms with van der Waals surface area (Å²) in [6.45, 7) is 7.93. The Kier molecular flexibility index (Phi) is 6.54. The van der Waals surface area contributed by atoms with Crippen molar-refractivity contribution in [1.82, 2.24) is 24.6 Å². The van der Waals surface area contributed by atoms with E-state index in [4.69, 9.17) is 9.15 Å². The van der Waals surface area contributed by atoms with Crippen LogP contribution in [0.25, 0.3) is 27.2 Å². The van der Waals surface area contributed by atoms with E-state index >= 15 is 0 Å². The van der Waals surface area contributed by atoms with Gasteiger partial charge >= 0.3 is 0 Å². The average molecular weight is 556 g/mol. The highest BCUT2D eigenvalue weighted by Gasteiger charge is 2.19. The quantitative estimate of drug-likeness (QED) is 0.309. The molecule has 0 saturated carbocycles. The molecule has 0 atom stereocenters. The summed E-state index contributed by atoms with van der Waals surface area (Å²) in [5.41, 5.74) is 5.57. The molecule has 2 saturated heterocycles. The maximum Gasteiger partial charge on any atom is 0.229 e. The molecule has 0 radical (unpaired) electrons. The van der Waals surface area contributed by atoms with Crippen molar-refractivity contribution in [2.75, 3.05) is 49.6 Å². The number of fused-ring (bicyclic) bond motifs is 1. The van der Waals surface area contributed by atoms with Crippen molar-refractivity contribution < 1.29 is 9.15 Å². The van der Waals surface area contributed by atoms with Crippen molar-refractivity contribution in [2.24, 2.45) is 0 Å². The molecule has 6 heterocycles. The lowest BCUT2D eigenvalue weighted by atomic mass is 10.1. The summed E-state index contributed by atoms with van der Waals surface area (Å²) in [5.74, 6) is 1.79. The van der Waals surface area contributed by atoms with E-state index in [-0.39, 0.29) is 5.43 Å². The zero-order valence-electron chi connectivity index (χ0n) is 22.2. The summed E-state index contributed by atoms with van der Waals surface area (Å²) < 4.78 is 14.2. The Bertz CT molecular complexity index is 1720. The number of nitrogens with one attached hydrogen (secondary N) is 1. The number of rotatable bonds is 7. The standard InChI is InChI=1S/C29H29N7O3S/c1-19-21(16-34-9-2-10-34)17-36(33-19)25-7-8-30-29(32-25)31-22-5-3-20(4-6-22)23-18-40-28-24(37)15-26(39-27(23)28)35-11-13-38-14-12-35/h3-8,15,17-18H,2,9-14,16H2,1H3,(H,30,31,32). The minimum absolute atomic E-state index is 0.0191. The lowest BCUT2D eigenvalue weighted by Gasteiger charge is -2.30. The Labute approximate surface area is 234 Å². The van der Waals surface area contributed by atoms with E-state index in [2.05, 4.69) is 36.4 Å². The smallest absolute Gasteiger partial charge is 0.229 e. The second kappa shape index (κ2) is 10.5. The number of benzene rings is 1. The van der Waals surface area contributed by atoms with Gasteiger partial charge in [-0.25, -0.2) is 9.67 Å². The number of morpholine rings is 1. The Morgan fingerprint density at radius 1 is 1.07 bits per heavy atom. The SMILES string of the molecule is Cc1nn(-c2ccnc(Nc3ccc(-c4csc5c(=O)cc(N6CCOCC6)oc45)cc3)n2)cc1CN1CCC1. The molecule has 2 aliphatic rings. The molecular weight excluding hydrogens is 526 g/mol. The van der Waals surface area contributed by atoms with Gasteiger partial charge in [0, 0.05) is 66.4 Å². The zero-order valence-corrected chi connectivity index (χ0v) is 23.0. The Balaban J connectivity index is 1.10.